The second-order valence-corrected chi connectivity index (χ2v) is 8.18. The second kappa shape index (κ2) is 8.46. The van der Waals surface area contributed by atoms with E-state index in [0.29, 0.717) is 23.7 Å². The van der Waals surface area contributed by atoms with Gasteiger partial charge in [-0.1, -0.05) is 33.3 Å². The van der Waals surface area contributed by atoms with E-state index in [4.69, 9.17) is 0 Å². The second-order valence-electron chi connectivity index (χ2n) is 5.04. The minimum Gasteiger partial charge on any atom is -0.321 e. The van der Waals surface area contributed by atoms with E-state index < -0.39 is 0 Å². The Labute approximate surface area is 162 Å². The Balaban J connectivity index is 1.81. The fourth-order valence-corrected chi connectivity index (χ4v) is 4.13. The lowest BCUT2D eigenvalue weighted by Crippen LogP contribution is -2.19. The molecule has 0 radical (unpaired) electrons. The zero-order valence-electron chi connectivity index (χ0n) is 13.2. The number of hydrogen-bond acceptors (Lipinski definition) is 5. The number of carbonyl (C=O) groups excluding carboxylic acids is 1. The van der Waals surface area contributed by atoms with Crippen molar-refractivity contribution in [3.05, 3.63) is 70.3 Å². The first-order valence-corrected chi connectivity index (χ1v) is 10.1. The molecule has 1 aromatic carbocycles. The Hall–Kier alpha value is -1.90. The lowest BCUT2D eigenvalue weighted by Gasteiger charge is -2.08. The lowest BCUT2D eigenvalue weighted by atomic mass is 10.2. The number of allylic oxidation sites excluding steroid dienone is 1. The monoisotopic (exact) mass is 434 g/mol. The van der Waals surface area contributed by atoms with Crippen molar-refractivity contribution in [1.82, 2.24) is 15.0 Å². The van der Waals surface area contributed by atoms with Crippen molar-refractivity contribution in [1.29, 1.82) is 0 Å². The molecule has 0 spiro atoms. The molecule has 0 atom stereocenters. The normalized spacial score (nSPS) is 10.6. The van der Waals surface area contributed by atoms with E-state index in [2.05, 4.69) is 38.1 Å². The van der Waals surface area contributed by atoms with Gasteiger partial charge in [-0.05, 0) is 35.7 Å². The molecule has 2 aromatic heterocycles. The summed E-state index contributed by atoms with van der Waals surface area (Å²) in [5, 5.41) is 13.2. The fraction of sp³-hybridized carbons (Fsp3) is 0.118. The molecule has 3 aromatic rings. The van der Waals surface area contributed by atoms with Gasteiger partial charge in [-0.2, -0.15) is 0 Å². The van der Waals surface area contributed by atoms with Crippen LogP contribution in [0, 0.1) is 0 Å². The van der Waals surface area contributed by atoms with Crippen LogP contribution in [0.4, 0.5) is 5.69 Å². The summed E-state index contributed by atoms with van der Waals surface area (Å²) in [5.74, 6) is 0.358. The number of rotatable bonds is 7. The van der Waals surface area contributed by atoms with E-state index in [1.165, 1.54) is 4.21 Å². The van der Waals surface area contributed by atoms with E-state index in [9.17, 15) is 4.79 Å². The minimum atomic E-state index is -0.226. The molecular weight excluding hydrogens is 420 g/mol. The molecule has 1 N–H and O–H groups in total. The molecule has 0 aliphatic heterocycles. The molecular formula is C17H15BrN4OS2. The van der Waals surface area contributed by atoms with Crippen LogP contribution >= 0.6 is 39.0 Å². The summed E-state index contributed by atoms with van der Waals surface area (Å²) in [5.41, 5.74) is 1.85. The maximum Gasteiger partial charge on any atom is 0.275 e. The first-order chi connectivity index (χ1) is 12.2. The van der Waals surface area contributed by atoms with E-state index in [-0.39, 0.29) is 5.91 Å². The Morgan fingerprint density at radius 1 is 1.36 bits per heavy atom. The Kier molecular flexibility index (Phi) is 6.06. The van der Waals surface area contributed by atoms with Crippen LogP contribution in [0.3, 0.4) is 0 Å². The van der Waals surface area contributed by atoms with Gasteiger partial charge in [0.05, 0.1) is 10.8 Å². The predicted octanol–water partition coefficient (Wildman–Crippen LogP) is 4.83. The highest BCUT2D eigenvalue weighted by atomic mass is 79.9. The number of thioether (sulfide) groups is 1. The van der Waals surface area contributed by atoms with Gasteiger partial charge in [-0.3, -0.25) is 4.79 Å². The number of nitrogens with zero attached hydrogens (tertiary/aromatic N) is 3. The van der Waals surface area contributed by atoms with E-state index in [0.717, 1.165) is 10.2 Å². The van der Waals surface area contributed by atoms with Crippen LogP contribution in [0.1, 0.15) is 16.2 Å². The largest absolute Gasteiger partial charge is 0.321 e. The van der Waals surface area contributed by atoms with Gasteiger partial charge >= 0.3 is 0 Å². The molecule has 0 fully saturated rings. The molecule has 0 saturated carbocycles. The van der Waals surface area contributed by atoms with Crippen LogP contribution < -0.4 is 5.32 Å². The molecule has 3 rings (SSSR count). The Morgan fingerprint density at radius 3 is 2.84 bits per heavy atom. The number of halogens is 1. The van der Waals surface area contributed by atoms with Crippen molar-refractivity contribution < 1.29 is 4.79 Å². The smallest absolute Gasteiger partial charge is 0.275 e. The van der Waals surface area contributed by atoms with Gasteiger partial charge in [-0.15, -0.1) is 34.8 Å². The van der Waals surface area contributed by atoms with Crippen molar-refractivity contribution in [2.75, 3.05) is 5.32 Å². The highest BCUT2D eigenvalue weighted by Crippen LogP contribution is 2.27. The molecule has 1 amide bonds. The summed E-state index contributed by atoms with van der Waals surface area (Å²) in [6.07, 6.45) is 1.70. The summed E-state index contributed by atoms with van der Waals surface area (Å²) in [4.78, 5) is 12.8. The molecule has 0 aliphatic rings. The highest BCUT2D eigenvalue weighted by Gasteiger charge is 2.20. The molecule has 5 nitrogen and oxygen atoms in total. The molecule has 128 valence electrons. The van der Waals surface area contributed by atoms with E-state index >= 15 is 0 Å². The molecule has 8 heteroatoms. The fourth-order valence-electron chi connectivity index (χ4n) is 2.15. The molecule has 0 aliphatic carbocycles. The lowest BCUT2D eigenvalue weighted by molar-refractivity contribution is 0.101. The Bertz CT molecular complexity index is 859. The summed E-state index contributed by atoms with van der Waals surface area (Å²) >= 11 is 6.69. The third kappa shape index (κ3) is 4.59. The maximum atomic E-state index is 12.8. The Morgan fingerprint density at radius 2 is 2.16 bits per heavy atom. The van der Waals surface area contributed by atoms with E-state index in [1.54, 1.807) is 33.9 Å². The number of anilines is 1. The molecule has 0 unspecified atom stereocenters. The average Bonchev–Trinajstić information content (AvgIpc) is 3.25. The van der Waals surface area contributed by atoms with Gasteiger partial charge in [0.15, 0.2) is 5.69 Å². The topological polar surface area (TPSA) is 59.8 Å². The van der Waals surface area contributed by atoms with Crippen LogP contribution in [-0.4, -0.2) is 20.9 Å². The average molecular weight is 435 g/mol. The molecule has 0 bridgehead atoms. The maximum absolute atomic E-state index is 12.8. The third-order valence-corrected chi connectivity index (χ3v) is 5.94. The summed E-state index contributed by atoms with van der Waals surface area (Å²) in [6.45, 7) is 4.15. The van der Waals surface area contributed by atoms with Gasteiger partial charge in [-0.25, -0.2) is 4.68 Å². The zero-order valence-corrected chi connectivity index (χ0v) is 16.4. The van der Waals surface area contributed by atoms with Crippen LogP contribution in [0.15, 0.2) is 63.1 Å². The number of hydrogen-bond donors (Lipinski definition) is 1. The number of amides is 1. The van der Waals surface area contributed by atoms with Gasteiger partial charge in [0.1, 0.15) is 5.69 Å². The first-order valence-electron chi connectivity index (χ1n) is 7.44. The summed E-state index contributed by atoms with van der Waals surface area (Å²) < 4.78 is 3.71. The predicted molar refractivity (Wildman–Crippen MR) is 106 cm³/mol. The minimum absolute atomic E-state index is 0.226. The quantitative estimate of drug-likeness (QED) is 0.427. The van der Waals surface area contributed by atoms with Gasteiger partial charge < -0.3 is 5.32 Å². The van der Waals surface area contributed by atoms with Crippen LogP contribution in [0.2, 0.25) is 0 Å². The zero-order chi connectivity index (χ0) is 17.6. The molecule has 2 heterocycles. The van der Waals surface area contributed by atoms with Crippen molar-refractivity contribution in [2.45, 2.75) is 16.5 Å². The SMILES string of the molecule is C=CCn1nnc(CSc2cccs2)c1C(=O)Nc1ccc(Br)cc1. The summed E-state index contributed by atoms with van der Waals surface area (Å²) in [7, 11) is 0. The van der Waals surface area contributed by atoms with Gasteiger partial charge in [0, 0.05) is 15.9 Å². The van der Waals surface area contributed by atoms with E-state index in [1.807, 2.05) is 41.8 Å². The van der Waals surface area contributed by atoms with Gasteiger partial charge in [0.25, 0.3) is 5.91 Å². The standard InChI is InChI=1S/C17H15BrN4OS2/c1-2-9-22-16(17(23)19-13-7-5-12(18)6-8-13)14(20-21-22)11-25-15-4-3-10-24-15/h2-8,10H,1,9,11H2,(H,19,23). The van der Waals surface area contributed by atoms with Crippen LogP contribution in [-0.2, 0) is 12.3 Å². The van der Waals surface area contributed by atoms with Crippen molar-refractivity contribution in [3.8, 4) is 0 Å². The van der Waals surface area contributed by atoms with Crippen LogP contribution in [0.5, 0.6) is 0 Å². The number of carbonyl (C=O) groups is 1. The number of nitrogens with one attached hydrogen (secondary N) is 1. The number of thiophene rings is 1. The molecule has 0 saturated heterocycles. The van der Waals surface area contributed by atoms with Crippen molar-refractivity contribution in [3.63, 3.8) is 0 Å². The number of benzene rings is 1. The van der Waals surface area contributed by atoms with Crippen molar-refractivity contribution >= 4 is 50.6 Å². The van der Waals surface area contributed by atoms with Crippen LogP contribution in [0.25, 0.3) is 0 Å². The van der Waals surface area contributed by atoms with Gasteiger partial charge in [0.2, 0.25) is 0 Å². The number of aromatic nitrogens is 3. The first kappa shape index (κ1) is 17.9. The summed E-state index contributed by atoms with van der Waals surface area (Å²) in [6, 6.07) is 11.5. The van der Waals surface area contributed by atoms with Crippen molar-refractivity contribution in [2.24, 2.45) is 0 Å². The third-order valence-electron chi connectivity index (χ3n) is 3.27. The molecule has 25 heavy (non-hydrogen) atoms. The highest BCUT2D eigenvalue weighted by molar-refractivity contribution is 9.10.